The van der Waals surface area contributed by atoms with Crippen molar-refractivity contribution in [3.05, 3.63) is 27.4 Å². The van der Waals surface area contributed by atoms with Crippen LogP contribution in [0.5, 0.6) is 0 Å². The zero-order valence-electron chi connectivity index (χ0n) is 10.7. The Morgan fingerprint density at radius 2 is 2.06 bits per heavy atom. The zero-order valence-corrected chi connectivity index (χ0v) is 10.7. The molecule has 4 heteroatoms. The van der Waals surface area contributed by atoms with Crippen LogP contribution in [0, 0.1) is 6.92 Å². The molecule has 3 N–H and O–H groups in total. The zero-order chi connectivity index (χ0) is 12.5. The number of aromatic amines is 1. The van der Waals surface area contributed by atoms with Gasteiger partial charge in [-0.05, 0) is 26.2 Å². The van der Waals surface area contributed by atoms with Gasteiger partial charge in [0.2, 0.25) is 0 Å². The number of aryl methyl sites for hydroxylation is 1. The first-order valence-electron chi connectivity index (χ1n) is 5.69. The Labute approximate surface area is 96.3 Å². The molecule has 0 aromatic carbocycles. The molecular weight excluding hydrogens is 202 g/mol. The molecule has 1 atom stereocenters. The van der Waals surface area contributed by atoms with Gasteiger partial charge in [0, 0.05) is 11.3 Å². The number of nitrogens with two attached hydrogens (primary N) is 1. The van der Waals surface area contributed by atoms with Crippen LogP contribution in [0.25, 0.3) is 0 Å². The summed E-state index contributed by atoms with van der Waals surface area (Å²) >= 11 is 0. The second-order valence-electron chi connectivity index (χ2n) is 4.84. The van der Waals surface area contributed by atoms with Crippen LogP contribution in [0.4, 0.5) is 0 Å². The standard InChI is InChI=1S/C12H21N3O/c1-6-12(5,13)11-14-8(4)9(7(2)3)10(16)15-11/h7H,6,13H2,1-5H3,(H,14,15,16). The molecule has 90 valence electrons. The van der Waals surface area contributed by atoms with Gasteiger partial charge >= 0.3 is 0 Å². The van der Waals surface area contributed by atoms with Crippen molar-refractivity contribution in [2.75, 3.05) is 0 Å². The quantitative estimate of drug-likeness (QED) is 0.820. The van der Waals surface area contributed by atoms with Crippen LogP contribution in [0.1, 0.15) is 57.1 Å². The van der Waals surface area contributed by atoms with Crippen LogP contribution < -0.4 is 11.3 Å². The highest BCUT2D eigenvalue weighted by molar-refractivity contribution is 5.21. The summed E-state index contributed by atoms with van der Waals surface area (Å²) in [5.41, 5.74) is 6.95. The number of nitrogens with one attached hydrogen (secondary N) is 1. The molecule has 1 aromatic heterocycles. The van der Waals surface area contributed by atoms with Gasteiger partial charge in [0.25, 0.3) is 5.56 Å². The minimum Gasteiger partial charge on any atom is -0.319 e. The van der Waals surface area contributed by atoms with Gasteiger partial charge in [-0.25, -0.2) is 4.98 Å². The van der Waals surface area contributed by atoms with Crippen LogP contribution >= 0.6 is 0 Å². The van der Waals surface area contributed by atoms with Gasteiger partial charge in [-0.2, -0.15) is 0 Å². The third-order valence-electron chi connectivity index (χ3n) is 3.00. The fourth-order valence-corrected chi connectivity index (χ4v) is 1.71. The molecule has 0 aliphatic rings. The molecule has 4 nitrogen and oxygen atoms in total. The van der Waals surface area contributed by atoms with E-state index in [2.05, 4.69) is 9.97 Å². The summed E-state index contributed by atoms with van der Waals surface area (Å²) in [6.07, 6.45) is 0.733. The van der Waals surface area contributed by atoms with E-state index < -0.39 is 5.54 Å². The molecule has 0 aliphatic heterocycles. The molecule has 1 heterocycles. The second-order valence-corrected chi connectivity index (χ2v) is 4.84. The highest BCUT2D eigenvalue weighted by Crippen LogP contribution is 2.19. The Kier molecular flexibility index (Phi) is 3.53. The molecule has 0 radical (unpaired) electrons. The van der Waals surface area contributed by atoms with E-state index in [1.54, 1.807) is 0 Å². The maximum Gasteiger partial charge on any atom is 0.254 e. The SMILES string of the molecule is CCC(C)(N)c1nc(C)c(C(C)C)c(=O)[nH]1. The molecule has 16 heavy (non-hydrogen) atoms. The first-order valence-corrected chi connectivity index (χ1v) is 5.69. The average molecular weight is 223 g/mol. The van der Waals surface area contributed by atoms with E-state index >= 15 is 0 Å². The van der Waals surface area contributed by atoms with Gasteiger partial charge in [0.1, 0.15) is 5.82 Å². The van der Waals surface area contributed by atoms with E-state index in [0.29, 0.717) is 5.82 Å². The lowest BCUT2D eigenvalue weighted by Gasteiger charge is -2.22. The fraction of sp³-hybridized carbons (Fsp3) is 0.667. The highest BCUT2D eigenvalue weighted by atomic mass is 16.1. The Bertz CT molecular complexity index is 432. The third-order valence-corrected chi connectivity index (χ3v) is 3.00. The molecule has 1 rings (SSSR count). The summed E-state index contributed by atoms with van der Waals surface area (Å²) in [6.45, 7) is 9.69. The number of aromatic nitrogens is 2. The van der Waals surface area contributed by atoms with Crippen LogP contribution in [0.2, 0.25) is 0 Å². The molecule has 0 amide bonds. The monoisotopic (exact) mass is 223 g/mol. The maximum atomic E-state index is 11.9. The lowest BCUT2D eigenvalue weighted by atomic mass is 9.98. The van der Waals surface area contributed by atoms with E-state index in [1.165, 1.54) is 0 Å². The minimum atomic E-state index is -0.570. The van der Waals surface area contributed by atoms with Crippen molar-refractivity contribution in [3.8, 4) is 0 Å². The first-order chi connectivity index (χ1) is 7.29. The average Bonchev–Trinajstić information content (AvgIpc) is 2.15. The lowest BCUT2D eigenvalue weighted by molar-refractivity contribution is 0.441. The predicted molar refractivity (Wildman–Crippen MR) is 65.5 cm³/mol. The Hall–Kier alpha value is -1.16. The summed E-state index contributed by atoms with van der Waals surface area (Å²) in [5, 5.41) is 0. The summed E-state index contributed by atoms with van der Waals surface area (Å²) in [5.74, 6) is 0.748. The lowest BCUT2D eigenvalue weighted by Crippen LogP contribution is -2.37. The van der Waals surface area contributed by atoms with Crippen LogP contribution in [-0.2, 0) is 5.54 Å². The molecule has 0 fully saturated rings. The van der Waals surface area contributed by atoms with Crippen molar-refractivity contribution in [3.63, 3.8) is 0 Å². The number of hydrogen-bond donors (Lipinski definition) is 2. The van der Waals surface area contributed by atoms with Gasteiger partial charge in [0.05, 0.1) is 5.54 Å². The molecule has 0 spiro atoms. The Morgan fingerprint density at radius 3 is 2.44 bits per heavy atom. The molecule has 0 aliphatic carbocycles. The van der Waals surface area contributed by atoms with Gasteiger partial charge in [-0.1, -0.05) is 20.8 Å². The third kappa shape index (κ3) is 2.32. The van der Waals surface area contributed by atoms with Crippen molar-refractivity contribution in [2.45, 2.75) is 52.5 Å². The van der Waals surface area contributed by atoms with Crippen molar-refractivity contribution in [1.29, 1.82) is 0 Å². The van der Waals surface area contributed by atoms with Crippen molar-refractivity contribution >= 4 is 0 Å². The van der Waals surface area contributed by atoms with Crippen LogP contribution in [-0.4, -0.2) is 9.97 Å². The number of hydrogen-bond acceptors (Lipinski definition) is 3. The Morgan fingerprint density at radius 1 is 1.50 bits per heavy atom. The van der Waals surface area contributed by atoms with Gasteiger partial charge in [-0.15, -0.1) is 0 Å². The number of nitrogens with zero attached hydrogens (tertiary/aromatic N) is 1. The molecule has 0 bridgehead atoms. The summed E-state index contributed by atoms with van der Waals surface area (Å²) in [4.78, 5) is 19.1. The highest BCUT2D eigenvalue weighted by Gasteiger charge is 2.23. The summed E-state index contributed by atoms with van der Waals surface area (Å²) in [6, 6.07) is 0. The predicted octanol–water partition coefficient (Wildman–Crippen LogP) is 1.79. The summed E-state index contributed by atoms with van der Waals surface area (Å²) in [7, 11) is 0. The van der Waals surface area contributed by atoms with Crippen molar-refractivity contribution in [2.24, 2.45) is 5.73 Å². The fourth-order valence-electron chi connectivity index (χ4n) is 1.71. The molecular formula is C12H21N3O. The number of rotatable bonds is 3. The van der Waals surface area contributed by atoms with E-state index in [9.17, 15) is 4.79 Å². The summed E-state index contributed by atoms with van der Waals surface area (Å²) < 4.78 is 0. The minimum absolute atomic E-state index is 0.0670. The van der Waals surface area contributed by atoms with Crippen molar-refractivity contribution < 1.29 is 0 Å². The maximum absolute atomic E-state index is 11.9. The molecule has 0 saturated carbocycles. The Balaban J connectivity index is 3.36. The van der Waals surface area contributed by atoms with Gasteiger partial charge < -0.3 is 10.7 Å². The van der Waals surface area contributed by atoms with E-state index in [4.69, 9.17) is 5.73 Å². The van der Waals surface area contributed by atoms with Gasteiger partial charge in [0.15, 0.2) is 0 Å². The van der Waals surface area contributed by atoms with Gasteiger partial charge in [-0.3, -0.25) is 4.79 Å². The molecule has 0 saturated heterocycles. The number of H-pyrrole nitrogens is 1. The van der Waals surface area contributed by atoms with Crippen LogP contribution in [0.3, 0.4) is 0 Å². The van der Waals surface area contributed by atoms with E-state index in [1.807, 2.05) is 34.6 Å². The van der Waals surface area contributed by atoms with Crippen LogP contribution in [0.15, 0.2) is 4.79 Å². The topological polar surface area (TPSA) is 71.8 Å². The van der Waals surface area contributed by atoms with E-state index in [0.717, 1.165) is 17.7 Å². The van der Waals surface area contributed by atoms with E-state index in [-0.39, 0.29) is 11.5 Å². The largest absolute Gasteiger partial charge is 0.319 e. The second kappa shape index (κ2) is 4.37. The van der Waals surface area contributed by atoms with Crippen molar-refractivity contribution in [1.82, 2.24) is 9.97 Å². The normalized spacial score (nSPS) is 15.2. The molecule has 1 aromatic rings. The first kappa shape index (κ1) is 12.9. The molecule has 1 unspecified atom stereocenters. The smallest absolute Gasteiger partial charge is 0.254 e.